The molecule has 0 aromatic carbocycles. The van der Waals surface area contributed by atoms with Crippen LogP contribution in [0.15, 0.2) is 14.4 Å². The maximum Gasteiger partial charge on any atom is 0.336 e. The van der Waals surface area contributed by atoms with E-state index in [-0.39, 0.29) is 17.1 Å². The summed E-state index contributed by atoms with van der Waals surface area (Å²) in [4.78, 5) is 38.4. The Labute approximate surface area is 141 Å². The first-order valence-corrected chi connectivity index (χ1v) is 9.58. The Morgan fingerprint density at radius 2 is 0.792 bits per heavy atom. The molecule has 3 saturated carbocycles. The lowest BCUT2D eigenvalue weighted by Gasteiger charge is -2.29. The molecule has 3 aliphatic carbocycles. The van der Waals surface area contributed by atoms with Gasteiger partial charge in [-0.05, 0) is 56.3 Å². The Balaban J connectivity index is 1.73. The highest BCUT2D eigenvalue weighted by atomic mass is 16.2. The summed E-state index contributed by atoms with van der Waals surface area (Å²) in [5.74, 6) is 1.26. The average molecular weight is 333 g/mol. The number of hydrogen-bond donors (Lipinski definition) is 0. The molecule has 0 spiro atoms. The Bertz CT molecular complexity index is 641. The van der Waals surface area contributed by atoms with E-state index in [0.717, 1.165) is 38.5 Å². The van der Waals surface area contributed by atoms with Crippen molar-refractivity contribution in [2.75, 3.05) is 0 Å². The third-order valence-corrected chi connectivity index (χ3v) is 6.38. The van der Waals surface area contributed by atoms with E-state index >= 15 is 0 Å². The zero-order valence-electron chi connectivity index (χ0n) is 14.3. The van der Waals surface area contributed by atoms with E-state index in [0.29, 0.717) is 37.4 Å². The first-order chi connectivity index (χ1) is 11.6. The number of nitrogens with zero attached hydrogens (tertiary/aromatic N) is 3. The molecule has 0 amide bonds. The Morgan fingerprint density at radius 3 is 0.958 bits per heavy atom. The molecule has 6 nitrogen and oxygen atoms in total. The molecule has 1 aromatic heterocycles. The summed E-state index contributed by atoms with van der Waals surface area (Å²) in [6.07, 6.45) is 10.0. The van der Waals surface area contributed by atoms with Crippen molar-refractivity contribution < 1.29 is 0 Å². The first-order valence-electron chi connectivity index (χ1n) is 9.58. The zero-order chi connectivity index (χ0) is 16.7. The lowest BCUT2D eigenvalue weighted by Crippen LogP contribution is -2.56. The minimum Gasteiger partial charge on any atom is -0.247 e. The summed E-state index contributed by atoms with van der Waals surface area (Å²) in [5.41, 5.74) is -1.14. The fourth-order valence-corrected chi connectivity index (χ4v) is 3.95. The summed E-state index contributed by atoms with van der Waals surface area (Å²) in [6, 6.07) is 0. The van der Waals surface area contributed by atoms with Crippen LogP contribution >= 0.6 is 0 Å². The van der Waals surface area contributed by atoms with Crippen molar-refractivity contribution in [3.05, 3.63) is 31.5 Å². The largest absolute Gasteiger partial charge is 0.336 e. The van der Waals surface area contributed by atoms with E-state index in [9.17, 15) is 14.4 Å². The van der Waals surface area contributed by atoms with Gasteiger partial charge in [0.15, 0.2) is 0 Å². The number of aromatic nitrogens is 3. The molecule has 0 unspecified atom stereocenters. The van der Waals surface area contributed by atoms with Gasteiger partial charge < -0.3 is 0 Å². The molecular formula is C18H27N3O3. The summed E-state index contributed by atoms with van der Waals surface area (Å²) in [6.45, 7) is 1.44. The number of rotatable bonds is 6. The lowest BCUT2D eigenvalue weighted by molar-refractivity contribution is 0.224. The second-order valence-electron chi connectivity index (χ2n) is 8.07. The van der Waals surface area contributed by atoms with Crippen LogP contribution in [0.1, 0.15) is 57.8 Å². The maximum atomic E-state index is 12.8. The molecular weight excluding hydrogens is 306 g/mol. The Hall–Kier alpha value is -1.59. The average Bonchev–Trinajstić information content (AvgIpc) is 2.41. The third kappa shape index (κ3) is 2.80. The van der Waals surface area contributed by atoms with Crippen molar-refractivity contribution in [2.24, 2.45) is 17.8 Å². The van der Waals surface area contributed by atoms with Gasteiger partial charge in [0, 0.05) is 19.6 Å². The fourth-order valence-electron chi connectivity index (χ4n) is 3.95. The SMILES string of the molecule is O=c1n(CC2CCC2)c(=O)n(CC2CCC2)c(=O)n1CC1CCC1. The first kappa shape index (κ1) is 15.9. The van der Waals surface area contributed by atoms with Crippen LogP contribution in [-0.2, 0) is 19.6 Å². The van der Waals surface area contributed by atoms with Gasteiger partial charge in [-0.2, -0.15) is 0 Å². The highest BCUT2D eigenvalue weighted by Crippen LogP contribution is 2.29. The van der Waals surface area contributed by atoms with Gasteiger partial charge in [0.2, 0.25) is 0 Å². The molecule has 0 N–H and O–H groups in total. The Morgan fingerprint density at radius 1 is 0.542 bits per heavy atom. The highest BCUT2D eigenvalue weighted by molar-refractivity contribution is 4.85. The van der Waals surface area contributed by atoms with Crippen LogP contribution in [-0.4, -0.2) is 13.7 Å². The van der Waals surface area contributed by atoms with E-state index in [4.69, 9.17) is 0 Å². The van der Waals surface area contributed by atoms with Gasteiger partial charge in [-0.15, -0.1) is 0 Å². The lowest BCUT2D eigenvalue weighted by atomic mass is 9.85. The highest BCUT2D eigenvalue weighted by Gasteiger charge is 2.27. The molecule has 1 heterocycles. The van der Waals surface area contributed by atoms with Gasteiger partial charge in [-0.3, -0.25) is 0 Å². The van der Waals surface area contributed by atoms with E-state index < -0.39 is 0 Å². The minimum atomic E-state index is -0.381. The van der Waals surface area contributed by atoms with Crippen LogP contribution in [0.3, 0.4) is 0 Å². The molecule has 0 bridgehead atoms. The molecule has 0 saturated heterocycles. The van der Waals surface area contributed by atoms with Gasteiger partial charge in [0.25, 0.3) is 0 Å². The normalized spacial score (nSPS) is 22.0. The third-order valence-electron chi connectivity index (χ3n) is 6.38. The van der Waals surface area contributed by atoms with E-state index in [1.54, 1.807) is 0 Å². The van der Waals surface area contributed by atoms with Gasteiger partial charge in [-0.1, -0.05) is 19.3 Å². The molecule has 4 rings (SSSR count). The summed E-state index contributed by atoms with van der Waals surface area (Å²) in [7, 11) is 0. The standard InChI is InChI=1S/C18H27N3O3/c22-16-19(10-13-4-1-5-13)17(23)21(12-15-8-3-9-15)18(24)20(16)11-14-6-2-7-14/h13-15H,1-12H2. The van der Waals surface area contributed by atoms with Gasteiger partial charge in [0.1, 0.15) is 0 Å². The molecule has 3 aliphatic rings. The summed E-state index contributed by atoms with van der Waals surface area (Å²) in [5, 5.41) is 0. The fraction of sp³-hybridized carbons (Fsp3) is 0.833. The van der Waals surface area contributed by atoms with Crippen molar-refractivity contribution in [1.82, 2.24) is 13.7 Å². The molecule has 0 aliphatic heterocycles. The molecule has 0 atom stereocenters. The molecule has 6 heteroatoms. The maximum absolute atomic E-state index is 12.8. The predicted molar refractivity (Wildman–Crippen MR) is 91.2 cm³/mol. The van der Waals surface area contributed by atoms with Crippen LogP contribution < -0.4 is 17.1 Å². The molecule has 0 radical (unpaired) electrons. The Kier molecular flexibility index (Phi) is 4.22. The molecule has 3 fully saturated rings. The van der Waals surface area contributed by atoms with E-state index in [1.807, 2.05) is 0 Å². The molecule has 132 valence electrons. The topological polar surface area (TPSA) is 66.0 Å². The molecule has 1 aromatic rings. The van der Waals surface area contributed by atoms with Crippen LogP contribution in [0.4, 0.5) is 0 Å². The van der Waals surface area contributed by atoms with Gasteiger partial charge in [0.05, 0.1) is 0 Å². The monoisotopic (exact) mass is 333 g/mol. The van der Waals surface area contributed by atoms with Crippen LogP contribution in [0.5, 0.6) is 0 Å². The predicted octanol–water partition coefficient (Wildman–Crippen LogP) is 1.57. The van der Waals surface area contributed by atoms with Crippen LogP contribution in [0.2, 0.25) is 0 Å². The van der Waals surface area contributed by atoms with Crippen LogP contribution in [0, 0.1) is 17.8 Å². The van der Waals surface area contributed by atoms with Gasteiger partial charge in [-0.25, -0.2) is 28.1 Å². The molecule has 24 heavy (non-hydrogen) atoms. The quantitative estimate of drug-likeness (QED) is 0.794. The smallest absolute Gasteiger partial charge is 0.247 e. The number of hydrogen-bond acceptors (Lipinski definition) is 3. The van der Waals surface area contributed by atoms with Crippen molar-refractivity contribution in [3.63, 3.8) is 0 Å². The van der Waals surface area contributed by atoms with E-state index in [1.165, 1.54) is 33.0 Å². The van der Waals surface area contributed by atoms with E-state index in [2.05, 4.69) is 0 Å². The summed E-state index contributed by atoms with van der Waals surface area (Å²) < 4.78 is 4.05. The van der Waals surface area contributed by atoms with Crippen molar-refractivity contribution in [1.29, 1.82) is 0 Å². The van der Waals surface area contributed by atoms with Crippen molar-refractivity contribution in [3.8, 4) is 0 Å². The summed E-state index contributed by atoms with van der Waals surface area (Å²) >= 11 is 0. The second-order valence-corrected chi connectivity index (χ2v) is 8.07. The zero-order valence-corrected chi connectivity index (χ0v) is 14.3. The second kappa shape index (κ2) is 6.37. The van der Waals surface area contributed by atoms with Crippen LogP contribution in [0.25, 0.3) is 0 Å². The van der Waals surface area contributed by atoms with Gasteiger partial charge >= 0.3 is 17.1 Å². The minimum absolute atomic E-state index is 0.381. The van der Waals surface area contributed by atoms with Crippen molar-refractivity contribution in [2.45, 2.75) is 77.4 Å². The van der Waals surface area contributed by atoms with Crippen molar-refractivity contribution >= 4 is 0 Å².